The third-order valence-corrected chi connectivity index (χ3v) is 5.73. The van der Waals surface area contributed by atoms with Gasteiger partial charge < -0.3 is 4.74 Å². The normalized spacial score (nSPS) is 13.5. The van der Waals surface area contributed by atoms with Gasteiger partial charge in [-0.1, -0.05) is 30.7 Å². The van der Waals surface area contributed by atoms with Gasteiger partial charge in [-0.25, -0.2) is 9.78 Å². The largest absolute Gasteiger partial charge is 0.461 e. The highest BCUT2D eigenvalue weighted by molar-refractivity contribution is 7.17. The van der Waals surface area contributed by atoms with Gasteiger partial charge in [0.25, 0.3) is 5.56 Å². The minimum atomic E-state index is -0.727. The first-order chi connectivity index (χ1) is 12.8. The van der Waals surface area contributed by atoms with E-state index in [4.69, 9.17) is 4.74 Å². The van der Waals surface area contributed by atoms with Gasteiger partial charge in [-0.3, -0.25) is 9.36 Å². The van der Waals surface area contributed by atoms with Crippen molar-refractivity contribution in [2.75, 3.05) is 0 Å². The van der Waals surface area contributed by atoms with Crippen LogP contribution < -0.4 is 5.56 Å². The fraction of sp³-hybridized carbons (Fsp3) is 0.381. The highest BCUT2D eigenvalue weighted by atomic mass is 32.1. The first-order valence-corrected chi connectivity index (χ1v) is 9.97. The van der Waals surface area contributed by atoms with Crippen molar-refractivity contribution in [2.24, 2.45) is 0 Å². The summed E-state index contributed by atoms with van der Waals surface area (Å²) in [6, 6.07) is 5.44. The van der Waals surface area contributed by atoms with Gasteiger partial charge in [0.1, 0.15) is 10.9 Å². The number of hydrogen-bond acceptors (Lipinski definition) is 5. The summed E-state index contributed by atoms with van der Waals surface area (Å²) in [4.78, 5) is 30.7. The molecular formula is C21H24N2O3S. The molecule has 3 aromatic rings. The summed E-state index contributed by atoms with van der Waals surface area (Å²) in [5, 5.41) is 2.51. The number of benzene rings is 1. The number of carbonyl (C=O) groups excluding carboxylic acids is 1. The number of thiophene rings is 1. The van der Waals surface area contributed by atoms with E-state index < -0.39 is 12.0 Å². The molecule has 0 spiro atoms. The topological polar surface area (TPSA) is 61.2 Å². The predicted molar refractivity (Wildman–Crippen MR) is 109 cm³/mol. The van der Waals surface area contributed by atoms with Crippen molar-refractivity contribution >= 4 is 27.5 Å². The van der Waals surface area contributed by atoms with Crippen molar-refractivity contribution in [1.82, 2.24) is 9.55 Å². The molecule has 1 aromatic carbocycles. The van der Waals surface area contributed by atoms with Crippen LogP contribution in [0.4, 0.5) is 0 Å². The minimum absolute atomic E-state index is 0.181. The molecule has 0 saturated carbocycles. The molecule has 3 rings (SSSR count). The Morgan fingerprint density at radius 3 is 2.67 bits per heavy atom. The first kappa shape index (κ1) is 19.3. The molecule has 0 radical (unpaired) electrons. The number of hydrogen-bond donors (Lipinski definition) is 0. The fourth-order valence-corrected chi connectivity index (χ4v) is 3.93. The first-order valence-electron chi connectivity index (χ1n) is 9.10. The summed E-state index contributed by atoms with van der Waals surface area (Å²) >= 11 is 1.44. The maximum Gasteiger partial charge on any atom is 0.329 e. The maximum atomic E-state index is 13.2. The number of ether oxygens (including phenoxy) is 1. The molecule has 0 aliphatic carbocycles. The van der Waals surface area contributed by atoms with Crippen molar-refractivity contribution in [2.45, 2.75) is 53.2 Å². The van der Waals surface area contributed by atoms with Crippen LogP contribution in [0.5, 0.6) is 0 Å². The van der Waals surface area contributed by atoms with Gasteiger partial charge in [0, 0.05) is 10.9 Å². The molecule has 6 heteroatoms. The third kappa shape index (κ3) is 3.67. The molecule has 2 atom stereocenters. The zero-order valence-corrected chi connectivity index (χ0v) is 17.1. The van der Waals surface area contributed by atoms with Crippen molar-refractivity contribution < 1.29 is 9.53 Å². The molecule has 0 saturated heterocycles. The Morgan fingerprint density at radius 1 is 1.26 bits per heavy atom. The van der Waals surface area contributed by atoms with E-state index in [0.29, 0.717) is 10.2 Å². The van der Waals surface area contributed by atoms with Crippen LogP contribution >= 0.6 is 11.3 Å². The van der Waals surface area contributed by atoms with E-state index in [1.165, 1.54) is 27.8 Å². The Hall–Kier alpha value is -2.47. The number of nitrogens with zero attached hydrogens (tertiary/aromatic N) is 2. The van der Waals surface area contributed by atoms with Crippen LogP contribution in [-0.2, 0) is 9.53 Å². The van der Waals surface area contributed by atoms with Crippen molar-refractivity contribution in [3.63, 3.8) is 0 Å². The van der Waals surface area contributed by atoms with Gasteiger partial charge >= 0.3 is 5.97 Å². The van der Waals surface area contributed by atoms with Crippen LogP contribution in [0.3, 0.4) is 0 Å². The van der Waals surface area contributed by atoms with E-state index in [1.54, 1.807) is 6.92 Å². The Morgan fingerprint density at radius 2 is 2.00 bits per heavy atom. The number of aromatic nitrogens is 2. The molecule has 0 aliphatic heterocycles. The highest BCUT2D eigenvalue weighted by Gasteiger charge is 2.22. The molecule has 5 nitrogen and oxygen atoms in total. The Balaban J connectivity index is 2.09. The van der Waals surface area contributed by atoms with Gasteiger partial charge in [0.05, 0.1) is 17.8 Å². The minimum Gasteiger partial charge on any atom is -0.461 e. The number of fused-ring (bicyclic) bond motifs is 1. The second-order valence-electron chi connectivity index (χ2n) is 6.94. The number of aryl methyl sites for hydroxylation is 2. The molecule has 0 aliphatic rings. The van der Waals surface area contributed by atoms with Gasteiger partial charge in [0.15, 0.2) is 0 Å². The third-order valence-electron chi connectivity index (χ3n) is 4.84. The Bertz CT molecular complexity index is 1050. The average Bonchev–Trinajstić information content (AvgIpc) is 3.06. The van der Waals surface area contributed by atoms with Crippen LogP contribution in [0.15, 0.2) is 34.7 Å². The smallest absolute Gasteiger partial charge is 0.329 e. The van der Waals surface area contributed by atoms with E-state index >= 15 is 0 Å². The molecule has 0 N–H and O–H groups in total. The van der Waals surface area contributed by atoms with Crippen LogP contribution in [0.2, 0.25) is 0 Å². The molecule has 0 amide bonds. The Labute approximate surface area is 162 Å². The second-order valence-corrected chi connectivity index (χ2v) is 7.79. The second kappa shape index (κ2) is 7.64. The van der Waals surface area contributed by atoms with E-state index in [2.05, 4.69) is 11.1 Å². The van der Waals surface area contributed by atoms with Crippen LogP contribution in [-0.4, -0.2) is 21.6 Å². The molecule has 0 bridgehead atoms. The van der Waals surface area contributed by atoms with Crippen molar-refractivity contribution in [1.29, 1.82) is 0 Å². The van der Waals surface area contributed by atoms with E-state index in [-0.39, 0.29) is 11.7 Å². The number of rotatable bonds is 5. The molecule has 2 unspecified atom stereocenters. The lowest BCUT2D eigenvalue weighted by molar-refractivity contribution is -0.152. The SMILES string of the molecule is CCC(C)OC(=O)C(C)n1cnc2scc(-c3ccc(C)cc3C)c2c1=O. The van der Waals surface area contributed by atoms with Crippen LogP contribution in [0.1, 0.15) is 44.4 Å². The lowest BCUT2D eigenvalue weighted by atomic mass is 9.99. The van der Waals surface area contributed by atoms with Crippen molar-refractivity contribution in [3.05, 3.63) is 51.4 Å². The quantitative estimate of drug-likeness (QED) is 0.601. The summed E-state index contributed by atoms with van der Waals surface area (Å²) in [5.41, 5.74) is 3.94. The molecule has 27 heavy (non-hydrogen) atoms. The van der Waals surface area contributed by atoms with Gasteiger partial charge in [-0.15, -0.1) is 11.3 Å². The molecular weight excluding hydrogens is 360 g/mol. The summed E-state index contributed by atoms with van der Waals surface area (Å²) in [5.74, 6) is -0.420. The maximum absolute atomic E-state index is 13.2. The lowest BCUT2D eigenvalue weighted by Crippen LogP contribution is -2.31. The highest BCUT2D eigenvalue weighted by Crippen LogP contribution is 2.33. The standard InChI is InChI=1S/C21H24N2O3S/c1-6-14(4)26-21(25)15(5)23-11-22-19-18(20(23)24)17(10-27-19)16-8-7-12(2)9-13(16)3/h7-11,14-15H,6H2,1-5H3. The average molecular weight is 385 g/mol. The number of carbonyl (C=O) groups is 1. The van der Waals surface area contributed by atoms with E-state index in [0.717, 1.165) is 23.1 Å². The van der Waals surface area contributed by atoms with Gasteiger partial charge in [-0.05, 0) is 45.2 Å². The molecule has 0 fully saturated rings. The molecule has 2 heterocycles. The van der Waals surface area contributed by atoms with Crippen molar-refractivity contribution in [3.8, 4) is 11.1 Å². The fourth-order valence-electron chi connectivity index (χ4n) is 3.03. The summed E-state index contributed by atoms with van der Waals surface area (Å²) < 4.78 is 6.76. The predicted octanol–water partition coefficient (Wildman–Crippen LogP) is 4.64. The summed E-state index contributed by atoms with van der Waals surface area (Å²) in [7, 11) is 0. The molecule has 142 valence electrons. The van der Waals surface area contributed by atoms with Gasteiger partial charge in [-0.2, -0.15) is 0 Å². The monoisotopic (exact) mass is 384 g/mol. The van der Waals surface area contributed by atoms with E-state index in [1.807, 2.05) is 45.2 Å². The summed E-state index contributed by atoms with van der Waals surface area (Å²) in [6.07, 6.45) is 1.99. The van der Waals surface area contributed by atoms with Gasteiger partial charge in [0.2, 0.25) is 0 Å². The zero-order valence-electron chi connectivity index (χ0n) is 16.3. The number of esters is 1. The van der Waals surface area contributed by atoms with Crippen LogP contribution in [0.25, 0.3) is 21.3 Å². The summed E-state index contributed by atoms with van der Waals surface area (Å²) in [6.45, 7) is 9.53. The molecule has 2 aromatic heterocycles. The zero-order chi connectivity index (χ0) is 19.7. The van der Waals surface area contributed by atoms with Crippen LogP contribution in [0, 0.1) is 13.8 Å². The van der Waals surface area contributed by atoms with E-state index in [9.17, 15) is 9.59 Å². The Kier molecular flexibility index (Phi) is 5.46. The lowest BCUT2D eigenvalue weighted by Gasteiger charge is -2.17.